The zero-order valence-electron chi connectivity index (χ0n) is 12.4. The molecular weight excluding hydrogens is 356 g/mol. The predicted octanol–water partition coefficient (Wildman–Crippen LogP) is 3.13. The highest BCUT2D eigenvalue weighted by Crippen LogP contribution is 2.28. The van der Waals surface area contributed by atoms with E-state index in [0.717, 1.165) is 4.47 Å². The Morgan fingerprint density at radius 3 is 2.81 bits per heavy atom. The molecule has 0 saturated carbocycles. The Hall–Kier alpha value is -1.08. The van der Waals surface area contributed by atoms with Crippen molar-refractivity contribution in [3.8, 4) is 5.75 Å². The summed E-state index contributed by atoms with van der Waals surface area (Å²) >= 11 is 3.37. The van der Waals surface area contributed by atoms with Gasteiger partial charge in [0.05, 0.1) is 12.3 Å². The number of anilines is 1. The van der Waals surface area contributed by atoms with Gasteiger partial charge >= 0.3 is 6.03 Å². The van der Waals surface area contributed by atoms with E-state index in [-0.39, 0.29) is 12.1 Å². The predicted molar refractivity (Wildman–Crippen MR) is 90.5 cm³/mol. The van der Waals surface area contributed by atoms with Crippen LogP contribution in [0.25, 0.3) is 0 Å². The fraction of sp³-hybridized carbons (Fsp3) is 0.500. The quantitative estimate of drug-likeness (QED) is 0.767. The van der Waals surface area contributed by atoms with Crippen LogP contribution in [0.4, 0.5) is 10.5 Å². The van der Waals surface area contributed by atoms with E-state index >= 15 is 0 Å². The Labute approximate surface area is 136 Å². The minimum atomic E-state index is -0.846. The lowest BCUT2D eigenvalue weighted by molar-refractivity contribution is 0.248. The number of nitrogens with one attached hydrogen (secondary N) is 2. The molecule has 5 nitrogen and oxygen atoms in total. The average molecular weight is 377 g/mol. The minimum Gasteiger partial charge on any atom is -0.492 e. The molecule has 0 bridgehead atoms. The Morgan fingerprint density at radius 1 is 1.48 bits per heavy atom. The third-order valence-corrected chi connectivity index (χ3v) is 4.01. The van der Waals surface area contributed by atoms with E-state index in [1.165, 1.54) is 0 Å². The Bertz CT molecular complexity index is 511. The Balaban J connectivity index is 2.61. The standard InChI is InChI=1S/C14H21BrN2O3S/c1-4-20-13-6-5-11(15)9-12(13)17-14(18)16-10(2)7-8-21(3)19/h5-6,9-10H,4,7-8H2,1-3H3,(H2,16,17,18). The molecule has 1 aromatic rings. The molecule has 2 N–H and O–H groups in total. The lowest BCUT2D eigenvalue weighted by Crippen LogP contribution is -2.36. The van der Waals surface area contributed by atoms with Crippen LogP contribution in [0.5, 0.6) is 5.75 Å². The van der Waals surface area contributed by atoms with Gasteiger partial charge in [-0.3, -0.25) is 4.21 Å². The SMILES string of the molecule is CCOc1ccc(Br)cc1NC(=O)NC(C)CCS(C)=O. The van der Waals surface area contributed by atoms with E-state index in [2.05, 4.69) is 26.6 Å². The molecule has 0 aliphatic carbocycles. The summed E-state index contributed by atoms with van der Waals surface area (Å²) < 4.78 is 17.4. The number of halogens is 1. The normalized spacial score (nSPS) is 13.3. The molecule has 2 amide bonds. The highest BCUT2D eigenvalue weighted by molar-refractivity contribution is 9.10. The zero-order valence-corrected chi connectivity index (χ0v) is 14.8. The van der Waals surface area contributed by atoms with Crippen molar-refractivity contribution in [2.75, 3.05) is 23.9 Å². The van der Waals surface area contributed by atoms with Gasteiger partial charge in [0.15, 0.2) is 0 Å². The van der Waals surface area contributed by atoms with Crippen LogP contribution in [0.2, 0.25) is 0 Å². The van der Waals surface area contributed by atoms with E-state index in [1.54, 1.807) is 18.4 Å². The van der Waals surface area contributed by atoms with Crippen LogP contribution in [-0.4, -0.2) is 34.9 Å². The lowest BCUT2D eigenvalue weighted by Gasteiger charge is -2.16. The number of carbonyl (C=O) groups is 1. The molecule has 1 aromatic carbocycles. The number of benzene rings is 1. The summed E-state index contributed by atoms with van der Waals surface area (Å²) in [6.45, 7) is 4.30. The molecule has 0 aliphatic heterocycles. The molecule has 1 rings (SSSR count). The Kier molecular flexibility index (Phi) is 7.74. The molecule has 0 fully saturated rings. The van der Waals surface area contributed by atoms with E-state index in [1.807, 2.05) is 19.9 Å². The molecule has 0 spiro atoms. The first kappa shape index (κ1) is 18.0. The van der Waals surface area contributed by atoms with Crippen molar-refractivity contribution in [1.29, 1.82) is 0 Å². The number of amides is 2. The van der Waals surface area contributed by atoms with Crippen LogP contribution >= 0.6 is 15.9 Å². The number of hydrogen-bond donors (Lipinski definition) is 2. The van der Waals surface area contributed by atoms with Crippen LogP contribution in [0.3, 0.4) is 0 Å². The van der Waals surface area contributed by atoms with Crippen LogP contribution in [0.1, 0.15) is 20.3 Å². The maximum atomic E-state index is 12.0. The molecule has 21 heavy (non-hydrogen) atoms. The first-order chi connectivity index (χ1) is 9.92. The number of hydrogen-bond acceptors (Lipinski definition) is 3. The summed E-state index contributed by atoms with van der Waals surface area (Å²) in [6, 6.07) is 5.09. The van der Waals surface area contributed by atoms with E-state index in [9.17, 15) is 9.00 Å². The van der Waals surface area contributed by atoms with Crippen molar-refractivity contribution in [2.24, 2.45) is 0 Å². The summed E-state index contributed by atoms with van der Waals surface area (Å²) in [4.78, 5) is 12.0. The fourth-order valence-electron chi connectivity index (χ4n) is 1.68. The van der Waals surface area contributed by atoms with Gasteiger partial charge in [0.1, 0.15) is 5.75 Å². The highest BCUT2D eigenvalue weighted by atomic mass is 79.9. The number of rotatable bonds is 7. The molecular formula is C14H21BrN2O3S. The van der Waals surface area contributed by atoms with Crippen molar-refractivity contribution in [3.05, 3.63) is 22.7 Å². The fourth-order valence-corrected chi connectivity index (χ4v) is 2.72. The number of carbonyl (C=O) groups excluding carboxylic acids is 1. The van der Waals surface area contributed by atoms with Gasteiger partial charge in [-0.15, -0.1) is 0 Å². The summed E-state index contributed by atoms with van der Waals surface area (Å²) in [6.07, 6.45) is 2.33. The first-order valence-electron chi connectivity index (χ1n) is 6.72. The maximum absolute atomic E-state index is 12.0. The second-order valence-corrected chi connectivity index (χ2v) is 7.11. The monoisotopic (exact) mass is 376 g/mol. The highest BCUT2D eigenvalue weighted by Gasteiger charge is 2.11. The van der Waals surface area contributed by atoms with Gasteiger partial charge < -0.3 is 15.4 Å². The molecule has 0 heterocycles. The molecule has 0 aliphatic rings. The summed E-state index contributed by atoms with van der Waals surface area (Å²) in [5, 5.41) is 5.59. The third kappa shape index (κ3) is 6.95. The van der Waals surface area contributed by atoms with E-state index in [0.29, 0.717) is 30.2 Å². The van der Waals surface area contributed by atoms with Crippen molar-refractivity contribution < 1.29 is 13.7 Å². The van der Waals surface area contributed by atoms with Crippen molar-refractivity contribution in [3.63, 3.8) is 0 Å². The third-order valence-electron chi connectivity index (χ3n) is 2.71. The Morgan fingerprint density at radius 2 is 2.19 bits per heavy atom. The summed E-state index contributed by atoms with van der Waals surface area (Å²) in [5.74, 6) is 1.20. The van der Waals surface area contributed by atoms with Gasteiger partial charge in [0, 0.05) is 33.3 Å². The molecule has 7 heteroatoms. The van der Waals surface area contributed by atoms with E-state index in [4.69, 9.17) is 4.74 Å². The molecule has 118 valence electrons. The molecule has 2 unspecified atom stereocenters. The molecule has 0 radical (unpaired) electrons. The van der Waals surface area contributed by atoms with Crippen LogP contribution in [0.15, 0.2) is 22.7 Å². The second-order valence-electron chi connectivity index (χ2n) is 4.64. The van der Waals surface area contributed by atoms with Gasteiger partial charge in [-0.25, -0.2) is 4.79 Å². The first-order valence-corrected chi connectivity index (χ1v) is 9.24. The van der Waals surface area contributed by atoms with Gasteiger partial charge in [-0.2, -0.15) is 0 Å². The minimum absolute atomic E-state index is 0.0448. The largest absolute Gasteiger partial charge is 0.492 e. The maximum Gasteiger partial charge on any atom is 0.319 e. The van der Waals surface area contributed by atoms with Crippen LogP contribution in [0, 0.1) is 0 Å². The summed E-state index contributed by atoms with van der Waals surface area (Å²) in [5.41, 5.74) is 0.606. The zero-order chi connectivity index (χ0) is 15.8. The molecule has 0 aromatic heterocycles. The smallest absolute Gasteiger partial charge is 0.319 e. The van der Waals surface area contributed by atoms with E-state index < -0.39 is 10.8 Å². The summed E-state index contributed by atoms with van der Waals surface area (Å²) in [7, 11) is -0.846. The van der Waals surface area contributed by atoms with Crippen molar-refractivity contribution in [1.82, 2.24) is 5.32 Å². The van der Waals surface area contributed by atoms with Crippen molar-refractivity contribution in [2.45, 2.75) is 26.3 Å². The van der Waals surface area contributed by atoms with Gasteiger partial charge in [0.2, 0.25) is 0 Å². The van der Waals surface area contributed by atoms with Gasteiger partial charge in [-0.1, -0.05) is 15.9 Å². The average Bonchev–Trinajstić information content (AvgIpc) is 2.39. The lowest BCUT2D eigenvalue weighted by atomic mass is 10.2. The van der Waals surface area contributed by atoms with Crippen molar-refractivity contribution >= 4 is 38.4 Å². The molecule has 0 saturated heterocycles. The van der Waals surface area contributed by atoms with Gasteiger partial charge in [-0.05, 0) is 38.5 Å². The molecule has 2 atom stereocenters. The van der Waals surface area contributed by atoms with Gasteiger partial charge in [0.25, 0.3) is 0 Å². The number of urea groups is 1. The topological polar surface area (TPSA) is 67.4 Å². The van der Waals surface area contributed by atoms with Crippen LogP contribution < -0.4 is 15.4 Å². The second kappa shape index (κ2) is 9.04. The van der Waals surface area contributed by atoms with Crippen LogP contribution in [-0.2, 0) is 10.8 Å². The number of ether oxygens (including phenoxy) is 1.